The molecule has 6 heteroatoms. The average Bonchev–Trinajstić information content (AvgIpc) is 2.96. The quantitative estimate of drug-likeness (QED) is 0.810. The van der Waals surface area contributed by atoms with Crippen molar-refractivity contribution >= 4 is 11.7 Å². The van der Waals surface area contributed by atoms with Crippen molar-refractivity contribution in [3.05, 3.63) is 17.3 Å². The van der Waals surface area contributed by atoms with Crippen LogP contribution in [-0.4, -0.2) is 71.7 Å². The van der Waals surface area contributed by atoms with Gasteiger partial charge in [-0.1, -0.05) is 0 Å². The Morgan fingerprint density at radius 3 is 2.79 bits per heavy atom. The molecule has 4 rings (SSSR count). The van der Waals surface area contributed by atoms with E-state index in [2.05, 4.69) is 33.1 Å². The zero-order chi connectivity index (χ0) is 16.5. The van der Waals surface area contributed by atoms with E-state index in [4.69, 9.17) is 0 Å². The molecule has 1 aromatic rings. The Hall–Kier alpha value is -1.69. The van der Waals surface area contributed by atoms with Crippen molar-refractivity contribution in [2.75, 3.05) is 44.7 Å². The summed E-state index contributed by atoms with van der Waals surface area (Å²) in [6.45, 7) is 4.79. The van der Waals surface area contributed by atoms with Gasteiger partial charge in [-0.2, -0.15) is 5.10 Å². The van der Waals surface area contributed by atoms with Crippen molar-refractivity contribution in [1.82, 2.24) is 20.0 Å². The normalized spacial score (nSPS) is 21.3. The topological polar surface area (TPSA) is 52.6 Å². The fourth-order valence-corrected chi connectivity index (χ4v) is 3.96. The Bertz CT molecular complexity index is 613. The van der Waals surface area contributed by atoms with Gasteiger partial charge >= 0.3 is 0 Å². The van der Waals surface area contributed by atoms with Crippen molar-refractivity contribution in [1.29, 1.82) is 0 Å². The van der Waals surface area contributed by atoms with Crippen LogP contribution < -0.4 is 4.90 Å². The van der Waals surface area contributed by atoms with E-state index in [1.54, 1.807) is 0 Å². The van der Waals surface area contributed by atoms with E-state index in [1.165, 1.54) is 24.1 Å². The molecule has 0 atom stereocenters. The summed E-state index contributed by atoms with van der Waals surface area (Å²) in [5, 5.41) is 8.87. The molecule has 0 unspecified atom stereocenters. The number of fused-ring (bicyclic) bond motifs is 1. The SMILES string of the molecule is CN(CCN1CCCC1=O)C1CN(c2cc3c(nn2)CCCC3)C1. The van der Waals surface area contributed by atoms with Crippen LogP contribution in [0.4, 0.5) is 5.82 Å². The van der Waals surface area contributed by atoms with E-state index in [9.17, 15) is 4.79 Å². The maximum absolute atomic E-state index is 11.7. The van der Waals surface area contributed by atoms with Gasteiger partial charge in [-0.3, -0.25) is 9.69 Å². The van der Waals surface area contributed by atoms with Crippen LogP contribution in [0, 0.1) is 0 Å². The minimum atomic E-state index is 0.322. The molecule has 0 saturated carbocycles. The summed E-state index contributed by atoms with van der Waals surface area (Å²) in [6, 6.07) is 2.81. The van der Waals surface area contributed by atoms with Crippen LogP contribution in [0.1, 0.15) is 36.9 Å². The molecule has 1 amide bonds. The molecule has 0 radical (unpaired) electrons. The van der Waals surface area contributed by atoms with Crippen molar-refractivity contribution in [3.8, 4) is 0 Å². The molecule has 0 N–H and O–H groups in total. The molecule has 2 fully saturated rings. The van der Waals surface area contributed by atoms with Gasteiger partial charge in [-0.15, -0.1) is 5.10 Å². The molecule has 3 aliphatic rings. The summed E-state index contributed by atoms with van der Waals surface area (Å²) < 4.78 is 0. The zero-order valence-corrected chi connectivity index (χ0v) is 14.6. The molecule has 1 aromatic heterocycles. The monoisotopic (exact) mass is 329 g/mol. The number of hydrogen-bond acceptors (Lipinski definition) is 5. The van der Waals surface area contributed by atoms with Gasteiger partial charge in [-0.05, 0) is 50.8 Å². The summed E-state index contributed by atoms with van der Waals surface area (Å²) in [6.07, 6.45) is 6.52. The summed E-state index contributed by atoms with van der Waals surface area (Å²) in [5.74, 6) is 1.36. The maximum atomic E-state index is 11.7. The highest BCUT2D eigenvalue weighted by Crippen LogP contribution is 2.26. The summed E-state index contributed by atoms with van der Waals surface area (Å²) in [5.41, 5.74) is 2.60. The van der Waals surface area contributed by atoms with E-state index in [0.717, 1.165) is 64.2 Å². The molecule has 6 nitrogen and oxygen atoms in total. The first-order chi connectivity index (χ1) is 11.7. The highest BCUT2D eigenvalue weighted by atomic mass is 16.2. The van der Waals surface area contributed by atoms with E-state index in [0.29, 0.717) is 11.9 Å². The second kappa shape index (κ2) is 6.67. The zero-order valence-electron chi connectivity index (χ0n) is 14.6. The second-order valence-electron chi connectivity index (χ2n) is 7.41. The lowest BCUT2D eigenvalue weighted by atomic mass is 9.96. The molecule has 2 aliphatic heterocycles. The summed E-state index contributed by atoms with van der Waals surface area (Å²) >= 11 is 0. The highest BCUT2D eigenvalue weighted by Gasteiger charge is 2.32. The van der Waals surface area contributed by atoms with Gasteiger partial charge in [0.1, 0.15) is 0 Å². The third-order valence-electron chi connectivity index (χ3n) is 5.76. The molecule has 2 saturated heterocycles. The summed E-state index contributed by atoms with van der Waals surface area (Å²) in [4.78, 5) is 18.4. The van der Waals surface area contributed by atoms with Crippen molar-refractivity contribution in [2.24, 2.45) is 0 Å². The first-order valence-electron chi connectivity index (χ1n) is 9.29. The number of likely N-dealkylation sites (tertiary alicyclic amines) is 1. The standard InChI is InChI=1S/C18H27N5O/c1-21(9-10-22-8-4-7-18(22)24)15-12-23(13-15)17-11-14-5-2-3-6-16(14)19-20-17/h11,15H,2-10,12-13H2,1H3. The second-order valence-corrected chi connectivity index (χ2v) is 7.41. The van der Waals surface area contributed by atoms with Gasteiger partial charge in [-0.25, -0.2) is 0 Å². The first-order valence-corrected chi connectivity index (χ1v) is 9.29. The van der Waals surface area contributed by atoms with Crippen LogP contribution in [0.3, 0.4) is 0 Å². The van der Waals surface area contributed by atoms with Gasteiger partial charge < -0.3 is 9.80 Å². The number of amides is 1. The summed E-state index contributed by atoms with van der Waals surface area (Å²) in [7, 11) is 2.17. The van der Waals surface area contributed by atoms with Crippen LogP contribution in [0.5, 0.6) is 0 Å². The number of likely N-dealkylation sites (N-methyl/N-ethyl adjacent to an activating group) is 1. The Morgan fingerprint density at radius 2 is 2.00 bits per heavy atom. The number of aryl methyl sites for hydroxylation is 2. The lowest BCUT2D eigenvalue weighted by molar-refractivity contribution is -0.127. The first kappa shape index (κ1) is 15.8. The van der Waals surface area contributed by atoms with E-state index in [-0.39, 0.29) is 0 Å². The predicted molar refractivity (Wildman–Crippen MR) is 93.1 cm³/mol. The minimum absolute atomic E-state index is 0.322. The van der Waals surface area contributed by atoms with E-state index in [1.807, 2.05) is 4.90 Å². The lowest BCUT2D eigenvalue weighted by Crippen LogP contribution is -2.59. The number of carbonyl (C=O) groups excluding carboxylic acids is 1. The maximum Gasteiger partial charge on any atom is 0.222 e. The van der Waals surface area contributed by atoms with E-state index < -0.39 is 0 Å². The van der Waals surface area contributed by atoms with Crippen molar-refractivity contribution < 1.29 is 4.79 Å². The number of hydrogen-bond donors (Lipinski definition) is 0. The van der Waals surface area contributed by atoms with Crippen LogP contribution >= 0.6 is 0 Å². The Kier molecular flexibility index (Phi) is 4.39. The number of carbonyl (C=O) groups is 1. The van der Waals surface area contributed by atoms with Crippen molar-refractivity contribution in [3.63, 3.8) is 0 Å². The number of nitrogens with zero attached hydrogens (tertiary/aromatic N) is 5. The highest BCUT2D eigenvalue weighted by molar-refractivity contribution is 5.78. The molecule has 130 valence electrons. The molecule has 24 heavy (non-hydrogen) atoms. The van der Waals surface area contributed by atoms with Gasteiger partial charge in [0.2, 0.25) is 5.91 Å². The smallest absolute Gasteiger partial charge is 0.222 e. The van der Waals surface area contributed by atoms with Gasteiger partial charge in [0.25, 0.3) is 0 Å². The van der Waals surface area contributed by atoms with Gasteiger partial charge in [0.15, 0.2) is 5.82 Å². The third-order valence-corrected chi connectivity index (χ3v) is 5.76. The number of rotatable bonds is 5. The number of aromatic nitrogens is 2. The third kappa shape index (κ3) is 3.11. The van der Waals surface area contributed by atoms with Crippen LogP contribution in [-0.2, 0) is 17.6 Å². The predicted octanol–water partition coefficient (Wildman–Crippen LogP) is 1.10. The molecule has 1 aliphatic carbocycles. The molecular formula is C18H27N5O. The largest absolute Gasteiger partial charge is 0.352 e. The molecule has 0 aromatic carbocycles. The number of anilines is 1. The molecular weight excluding hydrogens is 302 g/mol. The van der Waals surface area contributed by atoms with Crippen molar-refractivity contribution in [2.45, 2.75) is 44.6 Å². The molecule has 0 spiro atoms. The van der Waals surface area contributed by atoms with Crippen LogP contribution in [0.2, 0.25) is 0 Å². The fourth-order valence-electron chi connectivity index (χ4n) is 3.96. The molecule has 0 bridgehead atoms. The Labute approximate surface area is 143 Å². The Morgan fingerprint density at radius 1 is 1.17 bits per heavy atom. The van der Waals surface area contributed by atoms with Gasteiger partial charge in [0.05, 0.1) is 5.69 Å². The van der Waals surface area contributed by atoms with Gasteiger partial charge in [0, 0.05) is 45.2 Å². The van der Waals surface area contributed by atoms with E-state index >= 15 is 0 Å². The lowest BCUT2D eigenvalue weighted by Gasteiger charge is -2.45. The molecule has 3 heterocycles. The fraction of sp³-hybridized carbons (Fsp3) is 0.722. The van der Waals surface area contributed by atoms with Crippen LogP contribution in [0.15, 0.2) is 6.07 Å². The average molecular weight is 329 g/mol. The Balaban J connectivity index is 1.27. The van der Waals surface area contributed by atoms with Crippen LogP contribution in [0.25, 0.3) is 0 Å². The minimum Gasteiger partial charge on any atom is -0.352 e.